The third kappa shape index (κ3) is 7.43. The molecule has 0 aromatic heterocycles. The molecule has 0 radical (unpaired) electrons. The highest BCUT2D eigenvalue weighted by Gasteiger charge is 2.36. The summed E-state index contributed by atoms with van der Waals surface area (Å²) in [6.45, 7) is 2.28. The number of esters is 1. The zero-order valence-electron chi connectivity index (χ0n) is 22.9. The molecule has 3 aromatic rings. The van der Waals surface area contributed by atoms with E-state index in [-0.39, 0.29) is 24.6 Å². The molecule has 0 saturated carbocycles. The van der Waals surface area contributed by atoms with Gasteiger partial charge in [-0.2, -0.15) is 0 Å². The molecular weight excluding hydrogens is 549 g/mol. The number of rotatable bonds is 10. The van der Waals surface area contributed by atoms with E-state index in [4.69, 9.17) is 14.2 Å². The Morgan fingerprint density at radius 2 is 1.78 bits per heavy atom. The van der Waals surface area contributed by atoms with Gasteiger partial charge in [-0.1, -0.05) is 30.0 Å². The lowest BCUT2D eigenvalue weighted by Gasteiger charge is -2.32. The second-order valence-corrected chi connectivity index (χ2v) is 10.1. The maximum atomic E-state index is 14.2. The van der Waals surface area contributed by atoms with E-state index >= 15 is 0 Å². The van der Waals surface area contributed by atoms with E-state index in [2.05, 4.69) is 10.3 Å². The Bertz CT molecular complexity index is 1450. The molecule has 0 bridgehead atoms. The smallest absolute Gasteiger partial charge is 0.338 e. The van der Waals surface area contributed by atoms with Gasteiger partial charge < -0.3 is 19.5 Å². The Hall–Kier alpha value is -4.38. The molecule has 1 N–H and O–H groups in total. The predicted octanol–water partition coefficient (Wildman–Crippen LogP) is 5.22. The van der Waals surface area contributed by atoms with Gasteiger partial charge in [-0.05, 0) is 67.4 Å². The highest BCUT2D eigenvalue weighted by Crippen LogP contribution is 2.32. The number of aliphatic imine (C=N–C) groups is 1. The maximum absolute atomic E-state index is 14.2. The number of para-hydroxylation sites is 1. The summed E-state index contributed by atoms with van der Waals surface area (Å²) in [4.78, 5) is 44.7. The third-order valence-electron chi connectivity index (χ3n) is 6.24. The second-order valence-electron chi connectivity index (χ2n) is 8.93. The standard InChI is InChI=1S/C30H30FN3O6S/c1-4-40-29(37)20-10-12-21(13-11-20)32-30-34(16-15-19-9-14-24(38-2)25(17-19)39-3)27(35)18-26(41-30)28(36)33-23-8-6-5-7-22(23)31/h5-14,17,26H,4,15-16,18H2,1-3H3,(H,33,36). The fourth-order valence-electron chi connectivity index (χ4n) is 4.11. The van der Waals surface area contributed by atoms with Gasteiger partial charge in [0, 0.05) is 13.0 Å². The van der Waals surface area contributed by atoms with Gasteiger partial charge in [0.05, 0.1) is 37.8 Å². The van der Waals surface area contributed by atoms with E-state index in [9.17, 15) is 18.8 Å². The van der Waals surface area contributed by atoms with Crippen molar-refractivity contribution in [2.24, 2.45) is 4.99 Å². The van der Waals surface area contributed by atoms with Crippen LogP contribution in [0.5, 0.6) is 11.5 Å². The molecule has 1 unspecified atom stereocenters. The quantitative estimate of drug-likeness (QED) is 0.328. The summed E-state index contributed by atoms with van der Waals surface area (Å²) >= 11 is 1.12. The average molecular weight is 580 g/mol. The molecule has 11 heteroatoms. The summed E-state index contributed by atoms with van der Waals surface area (Å²) in [6.07, 6.45) is 0.400. The molecular formula is C30H30FN3O6S. The van der Waals surface area contributed by atoms with Gasteiger partial charge in [-0.3, -0.25) is 14.5 Å². The van der Waals surface area contributed by atoms with Crippen LogP contribution in [0.4, 0.5) is 15.8 Å². The van der Waals surface area contributed by atoms with Crippen molar-refractivity contribution < 1.29 is 33.0 Å². The first-order valence-electron chi connectivity index (χ1n) is 12.9. The van der Waals surface area contributed by atoms with Gasteiger partial charge in [0.2, 0.25) is 11.8 Å². The molecule has 1 heterocycles. The van der Waals surface area contributed by atoms with Crippen LogP contribution in [0, 0.1) is 5.82 Å². The minimum atomic E-state index is -0.822. The third-order valence-corrected chi connectivity index (χ3v) is 7.43. The van der Waals surface area contributed by atoms with Gasteiger partial charge in [0.1, 0.15) is 11.1 Å². The Balaban J connectivity index is 1.58. The van der Waals surface area contributed by atoms with Crippen LogP contribution in [0.3, 0.4) is 0 Å². The highest BCUT2D eigenvalue weighted by atomic mass is 32.2. The predicted molar refractivity (Wildman–Crippen MR) is 155 cm³/mol. The van der Waals surface area contributed by atoms with Crippen molar-refractivity contribution in [3.63, 3.8) is 0 Å². The molecule has 1 atom stereocenters. The lowest BCUT2D eigenvalue weighted by molar-refractivity contribution is -0.129. The van der Waals surface area contributed by atoms with Crippen molar-refractivity contribution in [2.45, 2.75) is 25.0 Å². The summed E-state index contributed by atoms with van der Waals surface area (Å²) in [5, 5.41) is 2.07. The number of anilines is 1. The van der Waals surface area contributed by atoms with Crippen LogP contribution in [0.15, 0.2) is 71.7 Å². The lowest BCUT2D eigenvalue weighted by atomic mass is 10.1. The van der Waals surface area contributed by atoms with E-state index in [0.717, 1.165) is 17.3 Å². The van der Waals surface area contributed by atoms with Crippen molar-refractivity contribution in [3.8, 4) is 11.5 Å². The largest absolute Gasteiger partial charge is 0.493 e. The highest BCUT2D eigenvalue weighted by molar-refractivity contribution is 8.15. The van der Waals surface area contributed by atoms with E-state index < -0.39 is 22.9 Å². The number of hydrogen-bond donors (Lipinski definition) is 1. The average Bonchev–Trinajstić information content (AvgIpc) is 2.98. The van der Waals surface area contributed by atoms with Crippen molar-refractivity contribution >= 4 is 46.1 Å². The molecule has 1 fully saturated rings. The molecule has 4 rings (SSSR count). The van der Waals surface area contributed by atoms with Crippen LogP contribution < -0.4 is 14.8 Å². The van der Waals surface area contributed by atoms with Crippen molar-refractivity contribution in [2.75, 3.05) is 32.7 Å². The summed E-state index contributed by atoms with van der Waals surface area (Å²) in [5.41, 5.74) is 1.81. The minimum Gasteiger partial charge on any atom is -0.493 e. The molecule has 3 aromatic carbocycles. The Morgan fingerprint density at radius 1 is 1.05 bits per heavy atom. The molecule has 2 amide bonds. The van der Waals surface area contributed by atoms with Crippen LogP contribution in [0.2, 0.25) is 0 Å². The number of ether oxygens (including phenoxy) is 3. The molecule has 1 aliphatic heterocycles. The fraction of sp³-hybridized carbons (Fsp3) is 0.267. The molecule has 1 aliphatic rings. The molecule has 0 spiro atoms. The Morgan fingerprint density at radius 3 is 2.46 bits per heavy atom. The number of benzene rings is 3. The number of amidine groups is 1. The van der Waals surface area contributed by atoms with E-state index in [1.165, 1.54) is 23.1 Å². The van der Waals surface area contributed by atoms with Crippen molar-refractivity contribution in [1.82, 2.24) is 4.90 Å². The second kappa shape index (κ2) is 13.8. The monoisotopic (exact) mass is 579 g/mol. The van der Waals surface area contributed by atoms with Crippen LogP contribution >= 0.6 is 11.8 Å². The topological polar surface area (TPSA) is 107 Å². The van der Waals surface area contributed by atoms with Gasteiger partial charge in [-0.25, -0.2) is 14.2 Å². The SMILES string of the molecule is CCOC(=O)c1ccc(N=C2SC(C(=O)Nc3ccccc3F)CC(=O)N2CCc2ccc(OC)c(OC)c2)cc1. The molecule has 0 aliphatic carbocycles. The zero-order chi connectivity index (χ0) is 29.4. The lowest BCUT2D eigenvalue weighted by Crippen LogP contribution is -2.46. The first-order chi connectivity index (χ1) is 19.8. The van der Waals surface area contributed by atoms with Crippen LogP contribution in [-0.4, -0.2) is 60.5 Å². The molecule has 1 saturated heterocycles. The summed E-state index contributed by atoms with van der Waals surface area (Å²) < 4.78 is 29.9. The number of nitrogens with one attached hydrogen (secondary N) is 1. The molecule has 9 nitrogen and oxygen atoms in total. The number of carbonyl (C=O) groups is 3. The van der Waals surface area contributed by atoms with Gasteiger partial charge in [0.15, 0.2) is 16.7 Å². The van der Waals surface area contributed by atoms with Gasteiger partial charge in [0.25, 0.3) is 0 Å². The number of thioether (sulfide) groups is 1. The van der Waals surface area contributed by atoms with E-state index in [0.29, 0.717) is 40.9 Å². The normalized spacial score (nSPS) is 15.9. The van der Waals surface area contributed by atoms with Crippen molar-refractivity contribution in [1.29, 1.82) is 0 Å². The maximum Gasteiger partial charge on any atom is 0.338 e. The minimum absolute atomic E-state index is 0.0366. The number of nitrogens with zero attached hydrogens (tertiary/aromatic N) is 2. The van der Waals surface area contributed by atoms with Crippen molar-refractivity contribution in [3.05, 3.63) is 83.7 Å². The summed E-state index contributed by atoms with van der Waals surface area (Å²) in [6, 6.07) is 17.8. The first kappa shape index (κ1) is 29.6. The van der Waals surface area contributed by atoms with E-state index in [1.807, 2.05) is 12.1 Å². The molecule has 41 heavy (non-hydrogen) atoms. The zero-order valence-corrected chi connectivity index (χ0v) is 23.7. The summed E-state index contributed by atoms with van der Waals surface area (Å²) in [5.74, 6) is -0.642. The molecule has 214 valence electrons. The fourth-order valence-corrected chi connectivity index (χ4v) is 5.24. The Labute approximate surface area is 241 Å². The first-order valence-corrected chi connectivity index (χ1v) is 13.8. The van der Waals surface area contributed by atoms with Crippen LogP contribution in [-0.2, 0) is 20.7 Å². The Kier molecular flexibility index (Phi) is 9.96. The van der Waals surface area contributed by atoms with Gasteiger partial charge in [-0.15, -0.1) is 0 Å². The number of hydrogen-bond acceptors (Lipinski definition) is 8. The summed E-state index contributed by atoms with van der Waals surface area (Å²) in [7, 11) is 3.11. The van der Waals surface area contributed by atoms with Crippen LogP contribution in [0.25, 0.3) is 0 Å². The van der Waals surface area contributed by atoms with Gasteiger partial charge >= 0.3 is 5.97 Å². The van der Waals surface area contributed by atoms with Crippen LogP contribution in [0.1, 0.15) is 29.3 Å². The van der Waals surface area contributed by atoms with E-state index in [1.54, 1.807) is 57.5 Å². The number of halogens is 1. The number of amides is 2. The number of carbonyl (C=O) groups excluding carboxylic acids is 3. The number of methoxy groups -OCH3 is 2.